The number of fused-ring (bicyclic) bond motifs is 1. The summed E-state index contributed by atoms with van der Waals surface area (Å²) in [5.74, 6) is 0.630. The maximum atomic E-state index is 13.6. The van der Waals surface area contributed by atoms with Crippen molar-refractivity contribution in [2.75, 3.05) is 13.1 Å². The SMILES string of the molecule is CCC(O)(CC1CCC(C)C1NS(=O)(=O)NC1CC2=C(c3ccn(C(F)F)n3)CN=C(c3nccs3)N2C1)c1ccccn1. The fourth-order valence-corrected chi connectivity index (χ4v) is 8.78. The van der Waals surface area contributed by atoms with Gasteiger partial charge in [0.05, 0.1) is 17.9 Å². The first kappa shape index (κ1) is 30.9. The Bertz CT molecular complexity index is 1630. The van der Waals surface area contributed by atoms with Crippen LogP contribution in [0, 0.1) is 11.8 Å². The zero-order valence-corrected chi connectivity index (χ0v) is 26.1. The summed E-state index contributed by atoms with van der Waals surface area (Å²) in [6.45, 7) is 1.69. The molecule has 0 radical (unpaired) electrons. The number of aliphatic imine (C=N–C) groups is 1. The molecular formula is C29H36F2N8O3S2. The minimum Gasteiger partial charge on any atom is -0.384 e. The van der Waals surface area contributed by atoms with Crippen LogP contribution in [0.5, 0.6) is 0 Å². The van der Waals surface area contributed by atoms with Crippen molar-refractivity contribution in [1.82, 2.24) is 34.1 Å². The number of halogens is 2. The van der Waals surface area contributed by atoms with Crippen LogP contribution in [-0.2, 0) is 15.8 Å². The number of thiazole rings is 1. The summed E-state index contributed by atoms with van der Waals surface area (Å²) in [5, 5.41) is 18.1. The normalized spacial score (nSPS) is 25.4. The molecule has 3 N–H and O–H groups in total. The first-order valence-electron chi connectivity index (χ1n) is 14.8. The van der Waals surface area contributed by atoms with E-state index in [2.05, 4.69) is 24.5 Å². The summed E-state index contributed by atoms with van der Waals surface area (Å²) in [4.78, 5) is 15.4. The standard InChI is InChI=1S/C29H36F2N8O3S2/c1-3-29(40,24-6-4-5-10-32-24)15-19-8-7-18(2)25(19)37-44(41,42)36-20-14-23-21(22-9-12-39(35-22)28(30)31)16-34-26(38(23)17-20)27-33-11-13-43-27/h4-6,9-13,18-20,25,28,36-37,40H,3,7-8,14-17H2,1-2H3. The number of nitrogens with one attached hydrogen (secondary N) is 2. The van der Waals surface area contributed by atoms with Crippen molar-refractivity contribution in [3.63, 3.8) is 0 Å². The van der Waals surface area contributed by atoms with E-state index in [0.717, 1.165) is 18.5 Å². The van der Waals surface area contributed by atoms with Gasteiger partial charge >= 0.3 is 6.55 Å². The Morgan fingerprint density at radius 1 is 1.18 bits per heavy atom. The Hall–Kier alpha value is -3.11. The number of nitrogens with zero attached hydrogens (tertiary/aromatic N) is 6. The number of amidine groups is 1. The molecule has 44 heavy (non-hydrogen) atoms. The van der Waals surface area contributed by atoms with E-state index >= 15 is 0 Å². The quantitative estimate of drug-likeness (QED) is 0.287. The monoisotopic (exact) mass is 646 g/mol. The van der Waals surface area contributed by atoms with Crippen LogP contribution in [0.25, 0.3) is 5.57 Å². The Morgan fingerprint density at radius 3 is 2.70 bits per heavy atom. The van der Waals surface area contributed by atoms with E-state index in [0.29, 0.717) is 58.3 Å². The summed E-state index contributed by atoms with van der Waals surface area (Å²) >= 11 is 1.42. The zero-order chi connectivity index (χ0) is 31.1. The summed E-state index contributed by atoms with van der Waals surface area (Å²) < 4.78 is 60.1. The second kappa shape index (κ2) is 12.4. The highest BCUT2D eigenvalue weighted by molar-refractivity contribution is 7.87. The summed E-state index contributed by atoms with van der Waals surface area (Å²) in [6, 6.07) is 6.11. The molecule has 6 rings (SSSR count). The number of aromatic nitrogens is 4. The van der Waals surface area contributed by atoms with Crippen LogP contribution in [0.4, 0.5) is 8.78 Å². The van der Waals surface area contributed by atoms with Crippen molar-refractivity contribution in [1.29, 1.82) is 0 Å². The number of aliphatic hydroxyl groups is 1. The van der Waals surface area contributed by atoms with Crippen molar-refractivity contribution in [3.05, 3.63) is 70.3 Å². The molecule has 5 unspecified atom stereocenters. The maximum Gasteiger partial charge on any atom is 0.333 e. The van der Waals surface area contributed by atoms with Gasteiger partial charge in [-0.15, -0.1) is 11.3 Å². The molecule has 236 valence electrons. The van der Waals surface area contributed by atoms with E-state index in [4.69, 9.17) is 4.99 Å². The average Bonchev–Trinajstić information content (AvgIpc) is 3.82. The van der Waals surface area contributed by atoms with E-state index in [1.165, 1.54) is 23.6 Å². The number of rotatable bonds is 11. The molecule has 0 bridgehead atoms. The third kappa shape index (κ3) is 6.20. The van der Waals surface area contributed by atoms with E-state index in [1.807, 2.05) is 36.3 Å². The fraction of sp³-hybridized carbons (Fsp3) is 0.517. The van der Waals surface area contributed by atoms with Crippen LogP contribution < -0.4 is 9.44 Å². The lowest BCUT2D eigenvalue weighted by Gasteiger charge is -2.33. The van der Waals surface area contributed by atoms with Crippen molar-refractivity contribution in [2.45, 2.75) is 70.2 Å². The lowest BCUT2D eigenvalue weighted by Crippen LogP contribution is -2.51. The molecule has 15 heteroatoms. The Kier molecular flexibility index (Phi) is 8.67. The molecule has 2 fully saturated rings. The Morgan fingerprint density at radius 2 is 2.02 bits per heavy atom. The molecular weight excluding hydrogens is 611 g/mol. The van der Waals surface area contributed by atoms with Crippen molar-refractivity contribution in [3.8, 4) is 0 Å². The van der Waals surface area contributed by atoms with E-state index in [-0.39, 0.29) is 24.4 Å². The van der Waals surface area contributed by atoms with Crippen LogP contribution in [0.1, 0.15) is 68.9 Å². The molecule has 5 atom stereocenters. The van der Waals surface area contributed by atoms with Gasteiger partial charge in [0.1, 0.15) is 5.60 Å². The molecule has 1 saturated carbocycles. The van der Waals surface area contributed by atoms with Gasteiger partial charge in [-0.05, 0) is 55.7 Å². The topological polar surface area (TPSA) is 138 Å². The van der Waals surface area contributed by atoms with Gasteiger partial charge in [0, 0.05) is 60.3 Å². The number of hydrogen-bond donors (Lipinski definition) is 3. The molecule has 0 spiro atoms. The van der Waals surface area contributed by atoms with Gasteiger partial charge in [0.15, 0.2) is 10.8 Å². The van der Waals surface area contributed by atoms with Crippen molar-refractivity contribution >= 4 is 33.0 Å². The van der Waals surface area contributed by atoms with Gasteiger partial charge in [-0.25, -0.2) is 9.67 Å². The first-order chi connectivity index (χ1) is 21.1. The van der Waals surface area contributed by atoms with Crippen LogP contribution in [0.2, 0.25) is 0 Å². The van der Waals surface area contributed by atoms with E-state index in [1.54, 1.807) is 18.5 Å². The van der Waals surface area contributed by atoms with Crippen LogP contribution in [0.15, 0.2) is 58.9 Å². The van der Waals surface area contributed by atoms with Crippen LogP contribution in [-0.4, -0.2) is 69.2 Å². The minimum atomic E-state index is -3.96. The molecule has 5 heterocycles. The third-order valence-corrected chi connectivity index (χ3v) is 10.9. The smallest absolute Gasteiger partial charge is 0.333 e. The summed E-state index contributed by atoms with van der Waals surface area (Å²) in [7, 11) is -3.96. The molecule has 1 saturated heterocycles. The highest BCUT2D eigenvalue weighted by Crippen LogP contribution is 2.41. The van der Waals surface area contributed by atoms with Crippen molar-refractivity contribution in [2.24, 2.45) is 16.8 Å². The average molecular weight is 647 g/mol. The molecule has 3 aromatic rings. The summed E-state index contributed by atoms with van der Waals surface area (Å²) in [5.41, 5.74) is 1.27. The molecule has 0 amide bonds. The van der Waals surface area contributed by atoms with E-state index < -0.39 is 28.4 Å². The first-order valence-corrected chi connectivity index (χ1v) is 17.1. The molecule has 1 aliphatic carbocycles. The third-order valence-electron chi connectivity index (χ3n) is 8.95. The fourth-order valence-electron chi connectivity index (χ4n) is 6.68. The van der Waals surface area contributed by atoms with Crippen LogP contribution in [0.3, 0.4) is 0 Å². The van der Waals surface area contributed by atoms with Crippen LogP contribution >= 0.6 is 11.3 Å². The summed E-state index contributed by atoms with van der Waals surface area (Å²) in [6.07, 6.45) is 7.37. The van der Waals surface area contributed by atoms with Crippen molar-refractivity contribution < 1.29 is 22.3 Å². The van der Waals surface area contributed by atoms with Gasteiger partial charge in [0.25, 0.3) is 10.2 Å². The van der Waals surface area contributed by atoms with Gasteiger partial charge in [-0.2, -0.15) is 31.7 Å². The van der Waals surface area contributed by atoms with Gasteiger partial charge in [-0.3, -0.25) is 9.98 Å². The molecule has 2 aliphatic heterocycles. The number of hydrogen-bond acceptors (Lipinski definition) is 9. The van der Waals surface area contributed by atoms with Gasteiger partial charge in [-0.1, -0.05) is 19.9 Å². The van der Waals surface area contributed by atoms with Gasteiger partial charge < -0.3 is 10.0 Å². The largest absolute Gasteiger partial charge is 0.384 e. The Balaban J connectivity index is 1.21. The second-order valence-electron chi connectivity index (χ2n) is 11.8. The minimum absolute atomic E-state index is 0.0775. The molecule has 3 aliphatic rings. The molecule has 11 nitrogen and oxygen atoms in total. The lowest BCUT2D eigenvalue weighted by atomic mass is 9.82. The maximum absolute atomic E-state index is 13.6. The molecule has 0 aromatic carbocycles. The van der Waals surface area contributed by atoms with E-state index in [9.17, 15) is 22.3 Å². The number of pyridine rings is 1. The highest BCUT2D eigenvalue weighted by Gasteiger charge is 2.43. The Labute approximate surface area is 259 Å². The van der Waals surface area contributed by atoms with Gasteiger partial charge in [0.2, 0.25) is 0 Å². The predicted molar refractivity (Wildman–Crippen MR) is 163 cm³/mol. The second-order valence-corrected chi connectivity index (χ2v) is 14.1. The molecule has 3 aromatic heterocycles. The highest BCUT2D eigenvalue weighted by atomic mass is 32.2. The number of alkyl halides is 2. The predicted octanol–water partition coefficient (Wildman–Crippen LogP) is 3.90. The lowest BCUT2D eigenvalue weighted by molar-refractivity contribution is 0.000254. The zero-order valence-electron chi connectivity index (χ0n) is 24.5.